The molecule has 0 amide bonds. The van der Waals surface area contributed by atoms with E-state index in [0.29, 0.717) is 25.2 Å². The van der Waals surface area contributed by atoms with E-state index >= 15 is 0 Å². The van der Waals surface area contributed by atoms with E-state index in [-0.39, 0.29) is 22.2 Å². The molecule has 1 saturated heterocycles. The SMILES string of the molecule is NCC1CCN(S(=O)(=O)c2ccccc2C(=O)c2ccccc2)C1. The van der Waals surface area contributed by atoms with Crippen LogP contribution in [0.25, 0.3) is 0 Å². The number of carbonyl (C=O) groups excluding carboxylic acids is 1. The standard InChI is InChI=1S/C18H20N2O3S/c19-12-14-10-11-20(13-14)24(22,23)17-9-5-4-8-16(17)18(21)15-6-2-1-3-7-15/h1-9,14H,10-13,19H2. The summed E-state index contributed by atoms with van der Waals surface area (Å²) in [6.45, 7) is 1.32. The summed E-state index contributed by atoms with van der Waals surface area (Å²) in [5, 5.41) is 0. The number of benzene rings is 2. The minimum absolute atomic E-state index is 0.0662. The number of nitrogens with two attached hydrogens (primary N) is 1. The quantitative estimate of drug-likeness (QED) is 0.840. The van der Waals surface area contributed by atoms with Gasteiger partial charge in [-0.15, -0.1) is 0 Å². The van der Waals surface area contributed by atoms with Crippen molar-refractivity contribution < 1.29 is 13.2 Å². The Bertz CT molecular complexity index is 834. The fourth-order valence-electron chi connectivity index (χ4n) is 2.97. The first-order chi connectivity index (χ1) is 11.5. The largest absolute Gasteiger partial charge is 0.330 e. The predicted molar refractivity (Wildman–Crippen MR) is 92.2 cm³/mol. The zero-order valence-electron chi connectivity index (χ0n) is 13.3. The van der Waals surface area contributed by atoms with Crippen LogP contribution in [-0.4, -0.2) is 38.1 Å². The third kappa shape index (κ3) is 3.13. The monoisotopic (exact) mass is 344 g/mol. The highest BCUT2D eigenvalue weighted by Crippen LogP contribution is 2.27. The molecule has 0 radical (unpaired) electrons. The maximum Gasteiger partial charge on any atom is 0.243 e. The molecule has 1 fully saturated rings. The molecule has 6 heteroatoms. The van der Waals surface area contributed by atoms with Gasteiger partial charge in [-0.2, -0.15) is 4.31 Å². The second-order valence-electron chi connectivity index (χ2n) is 5.94. The normalized spacial score (nSPS) is 18.6. The molecule has 2 aromatic carbocycles. The van der Waals surface area contributed by atoms with Crippen LogP contribution in [0.2, 0.25) is 0 Å². The average Bonchev–Trinajstić information content (AvgIpc) is 3.12. The molecule has 0 spiro atoms. The van der Waals surface area contributed by atoms with E-state index in [4.69, 9.17) is 5.73 Å². The van der Waals surface area contributed by atoms with Crippen LogP contribution in [0.3, 0.4) is 0 Å². The molecule has 0 aliphatic carbocycles. The lowest BCUT2D eigenvalue weighted by Crippen LogP contribution is -2.31. The number of nitrogens with zero attached hydrogens (tertiary/aromatic N) is 1. The molecule has 5 nitrogen and oxygen atoms in total. The van der Waals surface area contributed by atoms with E-state index in [1.807, 2.05) is 6.07 Å². The summed E-state index contributed by atoms with van der Waals surface area (Å²) in [6, 6.07) is 15.1. The molecule has 126 valence electrons. The van der Waals surface area contributed by atoms with Crippen molar-refractivity contribution in [2.75, 3.05) is 19.6 Å². The summed E-state index contributed by atoms with van der Waals surface area (Å²) in [5.74, 6) is -0.110. The minimum Gasteiger partial charge on any atom is -0.330 e. The Balaban J connectivity index is 1.99. The molecule has 0 aromatic heterocycles. The van der Waals surface area contributed by atoms with Gasteiger partial charge in [0.1, 0.15) is 0 Å². The Morgan fingerprint density at radius 3 is 2.42 bits per heavy atom. The molecule has 3 rings (SSSR count). The van der Waals surface area contributed by atoms with Gasteiger partial charge in [-0.1, -0.05) is 42.5 Å². The molecular formula is C18H20N2O3S. The number of rotatable bonds is 5. The van der Waals surface area contributed by atoms with Crippen LogP contribution in [0.15, 0.2) is 59.5 Å². The Morgan fingerprint density at radius 2 is 1.75 bits per heavy atom. The van der Waals surface area contributed by atoms with E-state index in [1.165, 1.54) is 10.4 Å². The molecule has 1 heterocycles. The van der Waals surface area contributed by atoms with E-state index in [9.17, 15) is 13.2 Å². The van der Waals surface area contributed by atoms with Gasteiger partial charge >= 0.3 is 0 Å². The summed E-state index contributed by atoms with van der Waals surface area (Å²) in [5.41, 5.74) is 6.34. The Kier molecular flexibility index (Phi) is 4.80. The zero-order valence-corrected chi connectivity index (χ0v) is 14.1. The number of hydrogen-bond donors (Lipinski definition) is 1. The van der Waals surface area contributed by atoms with Gasteiger partial charge in [0.25, 0.3) is 0 Å². The molecule has 0 saturated carbocycles. The predicted octanol–water partition coefficient (Wildman–Crippen LogP) is 1.89. The lowest BCUT2D eigenvalue weighted by molar-refractivity contribution is 0.103. The smallest absolute Gasteiger partial charge is 0.243 e. The first kappa shape index (κ1) is 16.8. The third-order valence-electron chi connectivity index (χ3n) is 4.37. The molecule has 1 aliphatic heterocycles. The molecule has 2 N–H and O–H groups in total. The lowest BCUT2D eigenvalue weighted by atomic mass is 10.0. The second kappa shape index (κ2) is 6.84. The van der Waals surface area contributed by atoms with Crippen molar-refractivity contribution in [2.45, 2.75) is 11.3 Å². The van der Waals surface area contributed by atoms with Crippen molar-refractivity contribution >= 4 is 15.8 Å². The van der Waals surface area contributed by atoms with Gasteiger partial charge in [-0.3, -0.25) is 4.79 Å². The van der Waals surface area contributed by atoms with Gasteiger partial charge in [-0.05, 0) is 31.0 Å². The fraction of sp³-hybridized carbons (Fsp3) is 0.278. The highest BCUT2D eigenvalue weighted by atomic mass is 32.2. The Hall–Kier alpha value is -2.02. The molecular weight excluding hydrogens is 324 g/mol. The molecule has 2 aromatic rings. The van der Waals surface area contributed by atoms with Crippen LogP contribution in [0.1, 0.15) is 22.3 Å². The van der Waals surface area contributed by atoms with Gasteiger partial charge in [0, 0.05) is 24.2 Å². The van der Waals surface area contributed by atoms with E-state index in [2.05, 4.69) is 0 Å². The van der Waals surface area contributed by atoms with E-state index < -0.39 is 10.0 Å². The van der Waals surface area contributed by atoms with Crippen LogP contribution < -0.4 is 5.73 Å². The zero-order chi connectivity index (χ0) is 17.2. The van der Waals surface area contributed by atoms with Crippen molar-refractivity contribution in [2.24, 2.45) is 11.7 Å². The number of ketones is 1. The first-order valence-electron chi connectivity index (χ1n) is 7.93. The minimum atomic E-state index is -3.71. The lowest BCUT2D eigenvalue weighted by Gasteiger charge is -2.18. The third-order valence-corrected chi connectivity index (χ3v) is 6.29. The van der Waals surface area contributed by atoms with Gasteiger partial charge in [-0.25, -0.2) is 8.42 Å². The van der Waals surface area contributed by atoms with Gasteiger partial charge < -0.3 is 5.73 Å². The first-order valence-corrected chi connectivity index (χ1v) is 9.37. The van der Waals surface area contributed by atoms with Gasteiger partial charge in [0.15, 0.2) is 5.78 Å². The molecule has 24 heavy (non-hydrogen) atoms. The van der Waals surface area contributed by atoms with E-state index in [1.54, 1.807) is 42.5 Å². The van der Waals surface area contributed by atoms with Crippen LogP contribution in [0.4, 0.5) is 0 Å². The maximum absolute atomic E-state index is 13.0. The van der Waals surface area contributed by atoms with Gasteiger partial charge in [0.05, 0.1) is 4.90 Å². The van der Waals surface area contributed by atoms with E-state index in [0.717, 1.165) is 6.42 Å². The number of hydrogen-bond acceptors (Lipinski definition) is 4. The van der Waals surface area contributed by atoms with Crippen molar-refractivity contribution in [3.8, 4) is 0 Å². The highest BCUT2D eigenvalue weighted by Gasteiger charge is 2.34. The van der Waals surface area contributed by atoms with Crippen LogP contribution in [0, 0.1) is 5.92 Å². The summed E-state index contributed by atoms with van der Waals surface area (Å²) >= 11 is 0. The average molecular weight is 344 g/mol. The van der Waals surface area contributed by atoms with Crippen LogP contribution in [-0.2, 0) is 10.0 Å². The highest BCUT2D eigenvalue weighted by molar-refractivity contribution is 7.89. The molecule has 0 bridgehead atoms. The second-order valence-corrected chi connectivity index (χ2v) is 7.85. The fourth-order valence-corrected chi connectivity index (χ4v) is 4.69. The molecule has 1 atom stereocenters. The van der Waals surface area contributed by atoms with Crippen LogP contribution in [0.5, 0.6) is 0 Å². The summed E-state index contributed by atoms with van der Waals surface area (Å²) < 4.78 is 27.4. The Morgan fingerprint density at radius 1 is 1.08 bits per heavy atom. The van der Waals surface area contributed by atoms with Crippen molar-refractivity contribution in [1.82, 2.24) is 4.31 Å². The van der Waals surface area contributed by atoms with Gasteiger partial charge in [0.2, 0.25) is 10.0 Å². The topological polar surface area (TPSA) is 80.5 Å². The van der Waals surface area contributed by atoms with Crippen LogP contribution >= 0.6 is 0 Å². The summed E-state index contributed by atoms with van der Waals surface area (Å²) in [4.78, 5) is 12.8. The Labute approximate surface area is 142 Å². The maximum atomic E-state index is 13.0. The summed E-state index contributed by atoms with van der Waals surface area (Å²) in [6.07, 6.45) is 0.754. The molecule has 1 aliphatic rings. The molecule has 1 unspecified atom stereocenters. The van der Waals surface area contributed by atoms with Crippen molar-refractivity contribution in [3.05, 3.63) is 65.7 Å². The van der Waals surface area contributed by atoms with Crippen molar-refractivity contribution in [1.29, 1.82) is 0 Å². The summed E-state index contributed by atoms with van der Waals surface area (Å²) in [7, 11) is -3.71. The number of sulfonamides is 1. The number of carbonyl (C=O) groups is 1. The van der Waals surface area contributed by atoms with Crippen molar-refractivity contribution in [3.63, 3.8) is 0 Å².